The number of halogens is 3. The summed E-state index contributed by atoms with van der Waals surface area (Å²) in [6.07, 6.45) is 2.09. The van der Waals surface area contributed by atoms with Gasteiger partial charge >= 0.3 is 5.97 Å². The molecule has 0 atom stereocenters. The number of fused-ring (bicyclic) bond motifs is 1. The molecule has 1 N–H and O–H groups in total. The van der Waals surface area contributed by atoms with Crippen LogP contribution in [0.4, 0.5) is 15.8 Å². The van der Waals surface area contributed by atoms with Gasteiger partial charge in [-0.25, -0.2) is 19.2 Å². The maximum atomic E-state index is 14.2. The third-order valence-electron chi connectivity index (χ3n) is 3.72. The first kappa shape index (κ1) is 20.9. The van der Waals surface area contributed by atoms with Crippen molar-refractivity contribution in [2.45, 2.75) is 20.3 Å². The Balaban J connectivity index is 0.00000261. The molecule has 0 aliphatic carbocycles. The van der Waals surface area contributed by atoms with Crippen LogP contribution in [0.1, 0.15) is 29.4 Å². The molecule has 3 aromatic rings. The van der Waals surface area contributed by atoms with Crippen molar-refractivity contribution >= 4 is 52.4 Å². The second-order valence-corrected chi connectivity index (χ2v) is 6.19. The van der Waals surface area contributed by atoms with Crippen molar-refractivity contribution in [1.82, 2.24) is 9.97 Å². The smallest absolute Gasteiger partial charge is 0.341 e. The van der Waals surface area contributed by atoms with Crippen molar-refractivity contribution in [3.05, 3.63) is 58.6 Å². The van der Waals surface area contributed by atoms with Gasteiger partial charge in [-0.1, -0.05) is 18.5 Å². The summed E-state index contributed by atoms with van der Waals surface area (Å²) < 4.78 is 19.5. The molecular weight excluding hydrogens is 392 g/mol. The van der Waals surface area contributed by atoms with E-state index in [-0.39, 0.29) is 35.3 Å². The molecule has 0 unspecified atom stereocenters. The third kappa shape index (κ3) is 4.64. The summed E-state index contributed by atoms with van der Waals surface area (Å²) in [5.74, 6) is -1.06. The fourth-order valence-corrected chi connectivity index (χ4v) is 2.62. The molecule has 0 amide bonds. The van der Waals surface area contributed by atoms with Crippen LogP contribution in [0.5, 0.6) is 0 Å². The van der Waals surface area contributed by atoms with Crippen molar-refractivity contribution in [3.8, 4) is 0 Å². The van der Waals surface area contributed by atoms with E-state index in [0.717, 1.165) is 5.69 Å². The number of aromatic nitrogens is 2. The van der Waals surface area contributed by atoms with Gasteiger partial charge in [-0.2, -0.15) is 0 Å². The molecule has 2 heterocycles. The third-order valence-corrected chi connectivity index (χ3v) is 3.95. The fraction of sp³-hybridized carbons (Fsp3) is 0.211. The van der Waals surface area contributed by atoms with Gasteiger partial charge in [-0.15, -0.1) is 12.4 Å². The number of carbonyl (C=O) groups excluding carboxylic acids is 1. The lowest BCUT2D eigenvalue weighted by Crippen LogP contribution is -2.11. The standard InChI is InChI=1S/C19H17ClFN3O2.ClH/c1-3-8-26-19(25)14-10-22-18-13(6-4-11(2)23-18)17(14)24-16-7-5-12(20)9-15(16)21;/h4-7,9-10H,3,8H2,1-2H3,(H,22,23,24);1H. The number of rotatable bonds is 5. The number of benzene rings is 1. The number of hydrogen-bond donors (Lipinski definition) is 1. The minimum atomic E-state index is -0.532. The highest BCUT2D eigenvalue weighted by Gasteiger charge is 2.19. The Morgan fingerprint density at radius 1 is 1.30 bits per heavy atom. The molecule has 27 heavy (non-hydrogen) atoms. The van der Waals surface area contributed by atoms with Crippen molar-refractivity contribution in [3.63, 3.8) is 0 Å². The predicted octanol–water partition coefficient (Wildman–Crippen LogP) is 5.46. The molecule has 3 rings (SSSR count). The van der Waals surface area contributed by atoms with Crippen LogP contribution in [0, 0.1) is 12.7 Å². The van der Waals surface area contributed by atoms with Crippen LogP contribution in [-0.2, 0) is 4.74 Å². The van der Waals surface area contributed by atoms with Gasteiger partial charge in [-0.05, 0) is 43.7 Å². The van der Waals surface area contributed by atoms with Crippen LogP contribution in [0.25, 0.3) is 11.0 Å². The topological polar surface area (TPSA) is 64.1 Å². The Morgan fingerprint density at radius 3 is 2.78 bits per heavy atom. The maximum absolute atomic E-state index is 14.2. The van der Waals surface area contributed by atoms with Crippen molar-refractivity contribution in [2.75, 3.05) is 11.9 Å². The number of anilines is 2. The first-order chi connectivity index (χ1) is 12.5. The Bertz CT molecular complexity index is 983. The number of esters is 1. The number of nitrogens with one attached hydrogen (secondary N) is 1. The maximum Gasteiger partial charge on any atom is 0.341 e. The normalized spacial score (nSPS) is 10.4. The van der Waals surface area contributed by atoms with Gasteiger partial charge in [-0.3, -0.25) is 0 Å². The van der Waals surface area contributed by atoms with E-state index >= 15 is 0 Å². The fourth-order valence-electron chi connectivity index (χ4n) is 2.46. The van der Waals surface area contributed by atoms with E-state index in [1.165, 1.54) is 18.3 Å². The molecule has 2 aromatic heterocycles. The van der Waals surface area contributed by atoms with Gasteiger partial charge in [0, 0.05) is 22.3 Å². The average molecular weight is 410 g/mol. The molecule has 0 aliphatic heterocycles. The SMILES string of the molecule is CCCOC(=O)c1cnc2nc(C)ccc2c1Nc1ccc(Cl)cc1F.Cl. The van der Waals surface area contributed by atoms with E-state index in [1.54, 1.807) is 18.2 Å². The van der Waals surface area contributed by atoms with Gasteiger partial charge < -0.3 is 10.1 Å². The van der Waals surface area contributed by atoms with Gasteiger partial charge in [0.2, 0.25) is 0 Å². The van der Waals surface area contributed by atoms with E-state index in [0.29, 0.717) is 23.1 Å². The second-order valence-electron chi connectivity index (χ2n) is 5.76. The number of nitrogens with zero attached hydrogens (tertiary/aromatic N) is 2. The average Bonchev–Trinajstić information content (AvgIpc) is 2.61. The summed E-state index contributed by atoms with van der Waals surface area (Å²) in [6, 6.07) is 7.86. The molecule has 0 bridgehead atoms. The number of carbonyl (C=O) groups is 1. The molecule has 0 saturated carbocycles. The monoisotopic (exact) mass is 409 g/mol. The molecule has 8 heteroatoms. The Morgan fingerprint density at radius 2 is 2.07 bits per heavy atom. The lowest BCUT2D eigenvalue weighted by Gasteiger charge is -2.15. The second kappa shape index (κ2) is 8.97. The minimum Gasteiger partial charge on any atom is -0.462 e. The zero-order valence-electron chi connectivity index (χ0n) is 14.8. The van der Waals surface area contributed by atoms with Crippen LogP contribution in [0.3, 0.4) is 0 Å². The Hall–Kier alpha value is -2.44. The van der Waals surface area contributed by atoms with Gasteiger partial charge in [0.15, 0.2) is 5.65 Å². The largest absolute Gasteiger partial charge is 0.462 e. The summed E-state index contributed by atoms with van der Waals surface area (Å²) in [5, 5.41) is 3.85. The van der Waals surface area contributed by atoms with Gasteiger partial charge in [0.25, 0.3) is 0 Å². The molecule has 0 radical (unpaired) electrons. The summed E-state index contributed by atoms with van der Waals surface area (Å²) in [5.41, 5.74) is 2.03. The van der Waals surface area contributed by atoms with Crippen molar-refractivity contribution < 1.29 is 13.9 Å². The van der Waals surface area contributed by atoms with E-state index in [2.05, 4.69) is 15.3 Å². The van der Waals surface area contributed by atoms with Gasteiger partial charge in [0.05, 0.1) is 18.0 Å². The molecular formula is C19H18Cl2FN3O2. The minimum absolute atomic E-state index is 0. The highest BCUT2D eigenvalue weighted by atomic mass is 35.5. The summed E-state index contributed by atoms with van der Waals surface area (Å²) in [6.45, 7) is 4.04. The van der Waals surface area contributed by atoms with Crippen LogP contribution >= 0.6 is 24.0 Å². The lowest BCUT2D eigenvalue weighted by molar-refractivity contribution is 0.0506. The van der Waals surface area contributed by atoms with Gasteiger partial charge in [0.1, 0.15) is 11.4 Å². The van der Waals surface area contributed by atoms with Crippen LogP contribution in [-0.4, -0.2) is 22.5 Å². The molecule has 0 fully saturated rings. The number of hydrogen-bond acceptors (Lipinski definition) is 5. The Kier molecular flexibility index (Phi) is 6.93. The highest BCUT2D eigenvalue weighted by Crippen LogP contribution is 2.31. The molecule has 0 saturated heterocycles. The lowest BCUT2D eigenvalue weighted by atomic mass is 10.1. The molecule has 0 aliphatic rings. The van der Waals surface area contributed by atoms with Crippen LogP contribution in [0.15, 0.2) is 36.5 Å². The number of aryl methyl sites for hydroxylation is 1. The number of ether oxygens (including phenoxy) is 1. The molecule has 142 valence electrons. The summed E-state index contributed by atoms with van der Waals surface area (Å²) in [7, 11) is 0. The number of pyridine rings is 2. The van der Waals surface area contributed by atoms with E-state index < -0.39 is 11.8 Å². The Labute approximate surface area is 167 Å². The summed E-state index contributed by atoms with van der Waals surface area (Å²) >= 11 is 5.81. The quantitative estimate of drug-likeness (QED) is 0.566. The van der Waals surface area contributed by atoms with Crippen molar-refractivity contribution in [2.24, 2.45) is 0 Å². The molecule has 1 aromatic carbocycles. The highest BCUT2D eigenvalue weighted by molar-refractivity contribution is 6.30. The van der Waals surface area contributed by atoms with E-state index in [4.69, 9.17) is 16.3 Å². The first-order valence-corrected chi connectivity index (χ1v) is 8.53. The zero-order chi connectivity index (χ0) is 18.7. The predicted molar refractivity (Wildman–Crippen MR) is 107 cm³/mol. The van der Waals surface area contributed by atoms with Crippen LogP contribution in [0.2, 0.25) is 5.02 Å². The van der Waals surface area contributed by atoms with E-state index in [9.17, 15) is 9.18 Å². The zero-order valence-corrected chi connectivity index (χ0v) is 16.3. The van der Waals surface area contributed by atoms with Crippen LogP contribution < -0.4 is 5.32 Å². The van der Waals surface area contributed by atoms with Crippen molar-refractivity contribution in [1.29, 1.82) is 0 Å². The summed E-state index contributed by atoms with van der Waals surface area (Å²) in [4.78, 5) is 21.0. The molecule has 5 nitrogen and oxygen atoms in total. The first-order valence-electron chi connectivity index (χ1n) is 8.15. The molecule has 0 spiro atoms. The van der Waals surface area contributed by atoms with E-state index in [1.807, 2.05) is 13.8 Å².